The number of aryl methyl sites for hydroxylation is 1. The molecule has 1 saturated heterocycles. The van der Waals surface area contributed by atoms with Gasteiger partial charge >= 0.3 is 12.1 Å². The van der Waals surface area contributed by atoms with Crippen molar-refractivity contribution in [1.29, 1.82) is 0 Å². The predicted molar refractivity (Wildman–Crippen MR) is 116 cm³/mol. The second-order valence-corrected chi connectivity index (χ2v) is 8.92. The number of carboxylic acids is 1. The first-order valence-corrected chi connectivity index (χ1v) is 10.9. The molecule has 1 aliphatic carbocycles. The summed E-state index contributed by atoms with van der Waals surface area (Å²) in [6.45, 7) is 8.29. The Morgan fingerprint density at radius 2 is 2.00 bits per heavy atom. The number of rotatable bonds is 5. The monoisotopic (exact) mass is 469 g/mol. The molecular formula is C23H30F3N3O4. The zero-order chi connectivity index (χ0) is 24.4. The van der Waals surface area contributed by atoms with Crippen LogP contribution in [0.1, 0.15) is 30.9 Å². The van der Waals surface area contributed by atoms with Crippen molar-refractivity contribution < 1.29 is 32.6 Å². The standard InChI is InChI=1S/C21H29N3O2.C2HF3O2/c1-15-5-4-6-17(11-15)12-23-13-18-7-8-21(19(18)14-23)20(25)24(9-10-26-3)16(2)22-21;3-2(4,5)1(6)7/h4-6,11,18-19H,7-10,12-14H2,1-3H3;(H,6,7)/t18-,19+,21-;/m1./s1. The number of hydrogen-bond donors (Lipinski definition) is 1. The molecule has 1 N–H and O–H groups in total. The number of carbonyl (C=O) groups is 2. The molecule has 1 saturated carbocycles. The SMILES string of the molecule is COCCN1C(=O)[C@]2(CC[C@@H]3CN(Cc4cccc(C)c4)C[C@@H]32)N=C1C.O=C(O)C(F)(F)F. The molecule has 1 aromatic carbocycles. The van der Waals surface area contributed by atoms with Crippen LogP contribution in [-0.2, 0) is 20.9 Å². The van der Waals surface area contributed by atoms with Crippen molar-refractivity contribution >= 4 is 17.7 Å². The maximum absolute atomic E-state index is 13.2. The highest BCUT2D eigenvalue weighted by Gasteiger charge is 2.60. The van der Waals surface area contributed by atoms with E-state index in [0.29, 0.717) is 25.0 Å². The Kier molecular flexibility index (Phi) is 7.48. The number of alkyl halides is 3. The van der Waals surface area contributed by atoms with E-state index in [0.717, 1.165) is 38.3 Å². The smallest absolute Gasteiger partial charge is 0.475 e. The molecule has 0 aromatic heterocycles. The third-order valence-corrected chi connectivity index (χ3v) is 6.64. The minimum atomic E-state index is -5.08. The fourth-order valence-corrected chi connectivity index (χ4v) is 5.21. The van der Waals surface area contributed by atoms with E-state index < -0.39 is 17.7 Å². The summed E-state index contributed by atoms with van der Waals surface area (Å²) in [5, 5.41) is 7.12. The van der Waals surface area contributed by atoms with Crippen molar-refractivity contribution in [2.75, 3.05) is 33.4 Å². The second-order valence-electron chi connectivity index (χ2n) is 8.92. The lowest BCUT2D eigenvalue weighted by Crippen LogP contribution is -2.47. The summed E-state index contributed by atoms with van der Waals surface area (Å²) in [6.07, 6.45) is -3.07. The molecule has 0 radical (unpaired) electrons. The molecule has 182 valence electrons. The molecule has 3 aliphatic rings. The molecule has 2 heterocycles. The van der Waals surface area contributed by atoms with Crippen molar-refractivity contribution in [2.45, 2.75) is 44.9 Å². The molecule has 7 nitrogen and oxygen atoms in total. The van der Waals surface area contributed by atoms with Gasteiger partial charge in [0.2, 0.25) is 0 Å². The first-order valence-electron chi connectivity index (χ1n) is 10.9. The van der Waals surface area contributed by atoms with E-state index >= 15 is 0 Å². The number of methoxy groups -OCH3 is 1. The number of amidine groups is 1. The lowest BCUT2D eigenvalue weighted by molar-refractivity contribution is -0.192. The highest BCUT2D eigenvalue weighted by Crippen LogP contribution is 2.50. The van der Waals surface area contributed by atoms with Crippen molar-refractivity contribution in [1.82, 2.24) is 9.80 Å². The molecular weight excluding hydrogens is 439 g/mol. The average molecular weight is 470 g/mol. The zero-order valence-corrected chi connectivity index (χ0v) is 19.1. The van der Waals surface area contributed by atoms with Gasteiger partial charge < -0.3 is 9.84 Å². The molecule has 33 heavy (non-hydrogen) atoms. The number of aliphatic carboxylic acids is 1. The number of benzene rings is 1. The molecule has 1 amide bonds. The summed E-state index contributed by atoms with van der Waals surface area (Å²) in [6, 6.07) is 8.73. The maximum Gasteiger partial charge on any atom is 0.490 e. The van der Waals surface area contributed by atoms with Gasteiger partial charge in [0.15, 0.2) is 0 Å². The number of carbonyl (C=O) groups excluding carboxylic acids is 1. The van der Waals surface area contributed by atoms with E-state index in [2.05, 4.69) is 36.1 Å². The number of likely N-dealkylation sites (tertiary alicyclic amines) is 1. The van der Waals surface area contributed by atoms with Crippen molar-refractivity contribution in [3.8, 4) is 0 Å². The van der Waals surface area contributed by atoms with Gasteiger partial charge in [0.1, 0.15) is 11.4 Å². The van der Waals surface area contributed by atoms with Crippen molar-refractivity contribution in [3.05, 3.63) is 35.4 Å². The molecule has 0 unspecified atom stereocenters. The van der Waals surface area contributed by atoms with Crippen LogP contribution in [0.25, 0.3) is 0 Å². The van der Waals surface area contributed by atoms with E-state index in [-0.39, 0.29) is 5.91 Å². The Bertz CT molecular complexity index is 920. The summed E-state index contributed by atoms with van der Waals surface area (Å²) in [5.41, 5.74) is 2.15. The fraction of sp³-hybridized carbons (Fsp3) is 0.609. The second kappa shape index (κ2) is 9.80. The van der Waals surface area contributed by atoms with Gasteiger partial charge in [-0.25, -0.2) is 4.79 Å². The van der Waals surface area contributed by atoms with Crippen LogP contribution in [0.3, 0.4) is 0 Å². The van der Waals surface area contributed by atoms with Gasteiger partial charge in [0.25, 0.3) is 5.91 Å². The minimum absolute atomic E-state index is 0.206. The van der Waals surface area contributed by atoms with Gasteiger partial charge in [0.05, 0.1) is 13.2 Å². The van der Waals surface area contributed by atoms with E-state index in [4.69, 9.17) is 19.6 Å². The Morgan fingerprint density at radius 3 is 2.61 bits per heavy atom. The summed E-state index contributed by atoms with van der Waals surface area (Å²) in [4.78, 5) is 31.4. The lowest BCUT2D eigenvalue weighted by Gasteiger charge is -2.28. The highest BCUT2D eigenvalue weighted by molar-refractivity contribution is 6.07. The zero-order valence-electron chi connectivity index (χ0n) is 19.1. The summed E-state index contributed by atoms with van der Waals surface area (Å²) < 4.78 is 36.9. The molecule has 2 aliphatic heterocycles. The number of amides is 1. The quantitative estimate of drug-likeness (QED) is 0.717. The average Bonchev–Trinajstić information content (AvgIpc) is 3.34. The van der Waals surface area contributed by atoms with Crippen LogP contribution in [0, 0.1) is 18.8 Å². The topological polar surface area (TPSA) is 82.4 Å². The molecule has 4 rings (SSSR count). The van der Waals surface area contributed by atoms with Crippen LogP contribution in [0.2, 0.25) is 0 Å². The number of nitrogens with zero attached hydrogens (tertiary/aromatic N) is 3. The van der Waals surface area contributed by atoms with E-state index in [1.54, 1.807) is 7.11 Å². The Balaban J connectivity index is 0.000000383. The Hall–Kier alpha value is -2.46. The normalized spacial score (nSPS) is 26.9. The van der Waals surface area contributed by atoms with Gasteiger partial charge in [0, 0.05) is 32.7 Å². The van der Waals surface area contributed by atoms with Gasteiger partial charge in [-0.3, -0.25) is 19.6 Å². The number of carboxylic acid groups (broad SMARTS) is 1. The molecule has 3 atom stereocenters. The molecule has 1 aromatic rings. The number of halogens is 3. The lowest BCUT2D eigenvalue weighted by atomic mass is 9.85. The summed E-state index contributed by atoms with van der Waals surface area (Å²) in [7, 11) is 1.68. The Labute approximate surface area is 191 Å². The van der Waals surface area contributed by atoms with Crippen LogP contribution in [0.5, 0.6) is 0 Å². The number of ether oxygens (including phenoxy) is 1. The fourth-order valence-electron chi connectivity index (χ4n) is 5.21. The molecule has 2 fully saturated rings. The minimum Gasteiger partial charge on any atom is -0.475 e. The van der Waals surface area contributed by atoms with Crippen LogP contribution in [0.4, 0.5) is 13.2 Å². The Morgan fingerprint density at radius 1 is 1.30 bits per heavy atom. The van der Waals surface area contributed by atoms with Crippen LogP contribution < -0.4 is 0 Å². The van der Waals surface area contributed by atoms with Crippen LogP contribution in [0.15, 0.2) is 29.3 Å². The molecule has 10 heteroatoms. The third-order valence-electron chi connectivity index (χ3n) is 6.64. The first kappa shape index (κ1) is 25.2. The molecule has 1 spiro atoms. The van der Waals surface area contributed by atoms with E-state index in [1.807, 2.05) is 11.8 Å². The summed E-state index contributed by atoms with van der Waals surface area (Å²) in [5.74, 6) is -0.751. The number of fused-ring (bicyclic) bond motifs is 2. The van der Waals surface area contributed by atoms with E-state index in [1.165, 1.54) is 11.1 Å². The number of hydrogen-bond acceptors (Lipinski definition) is 5. The highest BCUT2D eigenvalue weighted by atomic mass is 19.4. The summed E-state index contributed by atoms with van der Waals surface area (Å²) >= 11 is 0. The predicted octanol–water partition coefficient (Wildman–Crippen LogP) is 3.12. The van der Waals surface area contributed by atoms with Gasteiger partial charge in [-0.1, -0.05) is 29.8 Å². The maximum atomic E-state index is 13.2. The van der Waals surface area contributed by atoms with Crippen molar-refractivity contribution in [3.63, 3.8) is 0 Å². The molecule has 0 bridgehead atoms. The number of aliphatic imine (C=N–C) groups is 1. The van der Waals surface area contributed by atoms with Gasteiger partial charge in [-0.2, -0.15) is 13.2 Å². The van der Waals surface area contributed by atoms with Gasteiger partial charge in [-0.15, -0.1) is 0 Å². The third kappa shape index (κ3) is 5.38. The largest absolute Gasteiger partial charge is 0.490 e. The van der Waals surface area contributed by atoms with Crippen LogP contribution >= 0.6 is 0 Å². The first-order chi connectivity index (χ1) is 15.5. The van der Waals surface area contributed by atoms with Crippen molar-refractivity contribution in [2.24, 2.45) is 16.8 Å². The van der Waals surface area contributed by atoms with Crippen LogP contribution in [-0.4, -0.2) is 77.7 Å². The van der Waals surface area contributed by atoms with E-state index in [9.17, 15) is 18.0 Å². The van der Waals surface area contributed by atoms with Gasteiger partial charge in [-0.05, 0) is 38.2 Å².